The van der Waals surface area contributed by atoms with Crippen molar-refractivity contribution in [2.75, 3.05) is 0 Å². The second kappa shape index (κ2) is 8.42. The van der Waals surface area contributed by atoms with Gasteiger partial charge in [-0.2, -0.15) is 10.2 Å². The quantitative estimate of drug-likeness (QED) is 0.488. The van der Waals surface area contributed by atoms with E-state index >= 15 is 0 Å². The van der Waals surface area contributed by atoms with Crippen molar-refractivity contribution in [2.24, 2.45) is 10.2 Å². The predicted molar refractivity (Wildman–Crippen MR) is 105 cm³/mol. The summed E-state index contributed by atoms with van der Waals surface area (Å²) in [6, 6.07) is 9.84. The van der Waals surface area contributed by atoms with Crippen LogP contribution in [0, 0.1) is 13.8 Å². The SMILES string of the molecule is C/C(=N\NC(=O)c1ccc(C(=O)N/N=C(\C)c2ccc(C)o2)o1)c1ccc(C)o1. The lowest BCUT2D eigenvalue weighted by molar-refractivity contribution is 0.0902. The number of nitrogens with one attached hydrogen (secondary N) is 2. The highest BCUT2D eigenvalue weighted by molar-refractivity contribution is 6.00. The summed E-state index contributed by atoms with van der Waals surface area (Å²) in [6.07, 6.45) is 0. The van der Waals surface area contributed by atoms with Gasteiger partial charge in [-0.15, -0.1) is 0 Å². The Morgan fingerprint density at radius 2 is 1.03 bits per heavy atom. The molecule has 0 radical (unpaired) electrons. The highest BCUT2D eigenvalue weighted by atomic mass is 16.4. The van der Waals surface area contributed by atoms with E-state index in [4.69, 9.17) is 13.3 Å². The van der Waals surface area contributed by atoms with E-state index in [0.29, 0.717) is 22.9 Å². The summed E-state index contributed by atoms with van der Waals surface area (Å²) in [4.78, 5) is 24.3. The van der Waals surface area contributed by atoms with Crippen molar-refractivity contribution in [1.82, 2.24) is 10.9 Å². The van der Waals surface area contributed by atoms with E-state index in [1.807, 2.05) is 13.8 Å². The van der Waals surface area contributed by atoms with Gasteiger partial charge in [-0.1, -0.05) is 0 Å². The van der Waals surface area contributed by atoms with Gasteiger partial charge >= 0.3 is 11.8 Å². The first kappa shape index (κ1) is 19.9. The molecule has 0 unspecified atom stereocenters. The molecular weight excluding hydrogens is 376 g/mol. The van der Waals surface area contributed by atoms with Gasteiger partial charge in [-0.3, -0.25) is 9.59 Å². The maximum Gasteiger partial charge on any atom is 0.307 e. The normalized spacial score (nSPS) is 12.1. The van der Waals surface area contributed by atoms with Crippen molar-refractivity contribution in [3.63, 3.8) is 0 Å². The zero-order chi connectivity index (χ0) is 21.0. The summed E-state index contributed by atoms with van der Waals surface area (Å²) < 4.78 is 16.1. The Balaban J connectivity index is 1.60. The lowest BCUT2D eigenvalue weighted by atomic mass is 10.3. The molecule has 0 aliphatic carbocycles. The van der Waals surface area contributed by atoms with Crippen molar-refractivity contribution < 1.29 is 22.8 Å². The van der Waals surface area contributed by atoms with Crippen LogP contribution in [0.15, 0.2) is 59.9 Å². The molecule has 3 aromatic rings. The van der Waals surface area contributed by atoms with Gasteiger partial charge in [0.15, 0.2) is 11.5 Å². The highest BCUT2D eigenvalue weighted by Crippen LogP contribution is 2.10. The number of aryl methyl sites for hydroxylation is 2. The first-order chi connectivity index (χ1) is 13.8. The summed E-state index contributed by atoms with van der Waals surface area (Å²) >= 11 is 0. The van der Waals surface area contributed by atoms with Crippen molar-refractivity contribution in [2.45, 2.75) is 27.7 Å². The number of nitrogens with zero attached hydrogens (tertiary/aromatic N) is 2. The van der Waals surface area contributed by atoms with Gasteiger partial charge < -0.3 is 13.3 Å². The Morgan fingerprint density at radius 1 is 0.655 bits per heavy atom. The van der Waals surface area contributed by atoms with Gasteiger partial charge in [0, 0.05) is 0 Å². The molecule has 0 spiro atoms. The third-order valence-electron chi connectivity index (χ3n) is 3.90. The van der Waals surface area contributed by atoms with E-state index in [-0.39, 0.29) is 11.5 Å². The lowest BCUT2D eigenvalue weighted by Gasteiger charge is -2.00. The molecule has 0 atom stereocenters. The Morgan fingerprint density at radius 3 is 1.38 bits per heavy atom. The van der Waals surface area contributed by atoms with Crippen LogP contribution < -0.4 is 10.9 Å². The van der Waals surface area contributed by atoms with Gasteiger partial charge in [-0.05, 0) is 64.1 Å². The fourth-order valence-electron chi connectivity index (χ4n) is 2.33. The number of rotatable bonds is 6. The van der Waals surface area contributed by atoms with Crippen LogP contribution >= 0.6 is 0 Å². The fourth-order valence-corrected chi connectivity index (χ4v) is 2.33. The summed E-state index contributed by atoms with van der Waals surface area (Å²) in [6.45, 7) is 7.01. The van der Waals surface area contributed by atoms with Crippen molar-refractivity contribution in [1.29, 1.82) is 0 Å². The van der Waals surface area contributed by atoms with Crippen molar-refractivity contribution >= 4 is 23.2 Å². The molecule has 150 valence electrons. The fraction of sp³-hybridized carbons (Fsp3) is 0.200. The minimum Gasteiger partial charge on any atom is -0.460 e. The van der Waals surface area contributed by atoms with Crippen LogP contribution in [0.2, 0.25) is 0 Å². The molecule has 0 aliphatic rings. The van der Waals surface area contributed by atoms with Crippen LogP contribution in [0.25, 0.3) is 0 Å². The molecule has 9 heteroatoms. The first-order valence-corrected chi connectivity index (χ1v) is 8.76. The molecule has 0 saturated carbocycles. The number of carbonyl (C=O) groups excluding carboxylic acids is 2. The maximum atomic E-state index is 12.2. The standard InChI is InChI=1S/C20H20N4O5/c1-11-5-7-15(27-11)13(3)21-23-19(25)17-9-10-18(29-17)20(26)24-22-14(4)16-8-6-12(2)28-16/h5-10H,1-4H3,(H,23,25)(H,24,26)/b21-13+,22-14+. The van der Waals surface area contributed by atoms with Gasteiger partial charge in [0.1, 0.15) is 34.5 Å². The van der Waals surface area contributed by atoms with E-state index in [9.17, 15) is 9.59 Å². The molecule has 9 nitrogen and oxygen atoms in total. The minimum atomic E-state index is -0.600. The van der Waals surface area contributed by atoms with Crippen LogP contribution in [0.3, 0.4) is 0 Å². The molecule has 0 aliphatic heterocycles. The largest absolute Gasteiger partial charge is 0.460 e. The molecule has 0 bridgehead atoms. The van der Waals surface area contributed by atoms with Gasteiger partial charge in [0.05, 0.1) is 0 Å². The molecule has 3 aromatic heterocycles. The molecule has 2 N–H and O–H groups in total. The molecule has 29 heavy (non-hydrogen) atoms. The molecule has 3 heterocycles. The first-order valence-electron chi connectivity index (χ1n) is 8.76. The average Bonchev–Trinajstić information content (AvgIpc) is 3.44. The second-order valence-electron chi connectivity index (χ2n) is 6.26. The Hall–Kier alpha value is -3.88. The molecule has 3 rings (SSSR count). The van der Waals surface area contributed by atoms with Crippen molar-refractivity contribution in [3.8, 4) is 0 Å². The Labute approximate surface area is 166 Å². The summed E-state index contributed by atoms with van der Waals surface area (Å²) in [5.41, 5.74) is 5.70. The predicted octanol–water partition coefficient (Wildman–Crippen LogP) is 3.39. The monoisotopic (exact) mass is 396 g/mol. The maximum absolute atomic E-state index is 12.2. The van der Waals surface area contributed by atoms with E-state index in [1.54, 1.807) is 38.1 Å². The third-order valence-corrected chi connectivity index (χ3v) is 3.90. The number of amides is 2. The summed E-state index contributed by atoms with van der Waals surface area (Å²) in [5.74, 6) is 1.24. The smallest absolute Gasteiger partial charge is 0.307 e. The molecule has 0 fully saturated rings. The lowest BCUT2D eigenvalue weighted by Crippen LogP contribution is -2.20. The summed E-state index contributed by atoms with van der Waals surface area (Å²) in [5, 5.41) is 7.93. The van der Waals surface area contributed by atoms with Crippen molar-refractivity contribution in [3.05, 3.63) is 71.0 Å². The highest BCUT2D eigenvalue weighted by Gasteiger charge is 2.16. The van der Waals surface area contributed by atoms with Gasteiger partial charge in [0.25, 0.3) is 0 Å². The van der Waals surface area contributed by atoms with Crippen LogP contribution in [-0.2, 0) is 0 Å². The van der Waals surface area contributed by atoms with E-state index in [0.717, 1.165) is 11.5 Å². The summed E-state index contributed by atoms with van der Waals surface area (Å²) in [7, 11) is 0. The molecular formula is C20H20N4O5. The van der Waals surface area contributed by atoms with Crippen LogP contribution in [0.1, 0.15) is 58.0 Å². The third kappa shape index (κ3) is 4.89. The van der Waals surface area contributed by atoms with E-state index in [1.165, 1.54) is 12.1 Å². The van der Waals surface area contributed by atoms with Gasteiger partial charge in [-0.25, -0.2) is 10.9 Å². The van der Waals surface area contributed by atoms with E-state index < -0.39 is 11.8 Å². The van der Waals surface area contributed by atoms with E-state index in [2.05, 4.69) is 21.1 Å². The second-order valence-corrected chi connectivity index (χ2v) is 6.26. The Bertz CT molecular complexity index is 1020. The van der Waals surface area contributed by atoms with Gasteiger partial charge in [0.2, 0.25) is 0 Å². The minimum absolute atomic E-state index is 0.0651. The van der Waals surface area contributed by atoms with Crippen LogP contribution in [0.5, 0.6) is 0 Å². The van der Waals surface area contributed by atoms with Crippen LogP contribution in [-0.4, -0.2) is 23.2 Å². The average molecular weight is 396 g/mol. The molecule has 0 saturated heterocycles. The number of carbonyl (C=O) groups is 2. The number of furan rings is 3. The molecule has 0 aromatic carbocycles. The zero-order valence-corrected chi connectivity index (χ0v) is 16.4. The topological polar surface area (TPSA) is 122 Å². The number of hydrazone groups is 2. The molecule has 2 amide bonds. The number of hydrogen-bond donors (Lipinski definition) is 2. The zero-order valence-electron chi connectivity index (χ0n) is 16.4. The number of hydrogen-bond acceptors (Lipinski definition) is 7. The Kier molecular flexibility index (Phi) is 5.77. The van der Waals surface area contributed by atoms with Crippen LogP contribution in [0.4, 0.5) is 0 Å².